The van der Waals surface area contributed by atoms with Gasteiger partial charge in [-0.25, -0.2) is 0 Å². The summed E-state index contributed by atoms with van der Waals surface area (Å²) in [6, 6.07) is 20.0. The predicted molar refractivity (Wildman–Crippen MR) is 148 cm³/mol. The van der Waals surface area contributed by atoms with Gasteiger partial charge in [-0.05, 0) is 73.7 Å². The summed E-state index contributed by atoms with van der Waals surface area (Å²) < 4.78 is 6.67. The highest BCUT2D eigenvalue weighted by Gasteiger charge is 2.36. The molecule has 40 heavy (non-hydrogen) atoms. The van der Waals surface area contributed by atoms with Crippen molar-refractivity contribution in [3.8, 4) is 24.2 Å². The third kappa shape index (κ3) is 4.68. The molecule has 0 fully saturated rings. The number of benzene rings is 3. The molecule has 0 bridgehead atoms. The Balaban J connectivity index is 1.38. The first-order valence-corrected chi connectivity index (χ1v) is 12.3. The summed E-state index contributed by atoms with van der Waals surface area (Å²) in [6.07, 6.45) is 6.75. The standard InChI is InChI=1S/C31H23N5O4/c1-4-20-5-7-21(8-6-20)29(37)22-9-12-25(13-10-22)36-19(2)18-35-28(31(36)39)26(17-33-35)30(38)34-24-11-14-27(40-3)23(15-24)16-32/h1,5-15,17,19H,18H2,2-3H3,(H,34,38). The number of rotatable bonds is 6. The van der Waals surface area contributed by atoms with E-state index in [0.29, 0.717) is 40.4 Å². The number of ketones is 1. The molecule has 1 aliphatic heterocycles. The molecular weight excluding hydrogens is 506 g/mol. The summed E-state index contributed by atoms with van der Waals surface area (Å²) in [7, 11) is 1.45. The van der Waals surface area contributed by atoms with E-state index in [-0.39, 0.29) is 28.6 Å². The SMILES string of the molecule is C#Cc1ccc(C(=O)c2ccc(N3C(=O)c4c(C(=O)Nc5ccc(OC)c(C#N)c5)cnn4CC3C)cc2)cc1. The summed E-state index contributed by atoms with van der Waals surface area (Å²) in [6.45, 7) is 2.26. The lowest BCUT2D eigenvalue weighted by Crippen LogP contribution is -2.47. The molecule has 0 aliphatic carbocycles. The number of nitrogens with one attached hydrogen (secondary N) is 1. The minimum Gasteiger partial charge on any atom is -0.495 e. The average molecular weight is 530 g/mol. The van der Waals surface area contributed by atoms with Gasteiger partial charge in [0.2, 0.25) is 0 Å². The van der Waals surface area contributed by atoms with Gasteiger partial charge >= 0.3 is 0 Å². The zero-order valence-corrected chi connectivity index (χ0v) is 21.7. The minimum atomic E-state index is -0.532. The van der Waals surface area contributed by atoms with E-state index in [0.717, 1.165) is 0 Å². The Labute approximate surface area is 230 Å². The molecule has 0 saturated carbocycles. The molecule has 0 radical (unpaired) electrons. The number of anilines is 2. The van der Waals surface area contributed by atoms with Crippen LogP contribution in [0.5, 0.6) is 5.75 Å². The summed E-state index contributed by atoms with van der Waals surface area (Å²) in [5, 5.41) is 16.3. The van der Waals surface area contributed by atoms with Gasteiger partial charge in [0.05, 0.1) is 37.0 Å². The largest absolute Gasteiger partial charge is 0.495 e. The zero-order chi connectivity index (χ0) is 28.4. The van der Waals surface area contributed by atoms with Gasteiger partial charge in [0.1, 0.15) is 17.5 Å². The third-order valence-electron chi connectivity index (χ3n) is 6.68. The topological polar surface area (TPSA) is 117 Å². The van der Waals surface area contributed by atoms with Gasteiger partial charge in [0.25, 0.3) is 11.8 Å². The Morgan fingerprint density at radius 2 is 1.75 bits per heavy atom. The van der Waals surface area contributed by atoms with Gasteiger partial charge < -0.3 is 15.0 Å². The lowest BCUT2D eigenvalue weighted by Gasteiger charge is -2.34. The van der Waals surface area contributed by atoms with Crippen LogP contribution in [0.2, 0.25) is 0 Å². The summed E-state index contributed by atoms with van der Waals surface area (Å²) in [5.41, 5.74) is 3.15. The second-order valence-corrected chi connectivity index (χ2v) is 9.19. The highest BCUT2D eigenvalue weighted by atomic mass is 16.5. The second-order valence-electron chi connectivity index (χ2n) is 9.19. The third-order valence-corrected chi connectivity index (χ3v) is 6.68. The van der Waals surface area contributed by atoms with Crippen molar-refractivity contribution in [3.63, 3.8) is 0 Å². The van der Waals surface area contributed by atoms with E-state index in [2.05, 4.69) is 16.3 Å². The van der Waals surface area contributed by atoms with Crippen LogP contribution in [-0.2, 0) is 6.54 Å². The number of carbonyl (C=O) groups excluding carboxylic acids is 3. The molecule has 1 N–H and O–H groups in total. The van der Waals surface area contributed by atoms with Crippen LogP contribution < -0.4 is 15.0 Å². The number of aromatic nitrogens is 2. The molecule has 3 aromatic carbocycles. The van der Waals surface area contributed by atoms with E-state index in [4.69, 9.17) is 11.2 Å². The number of hydrogen-bond acceptors (Lipinski definition) is 6. The fourth-order valence-electron chi connectivity index (χ4n) is 4.66. The highest BCUT2D eigenvalue weighted by Crippen LogP contribution is 2.28. The van der Waals surface area contributed by atoms with Crippen LogP contribution in [0, 0.1) is 23.7 Å². The molecule has 1 aromatic heterocycles. The van der Waals surface area contributed by atoms with Crippen molar-refractivity contribution in [3.05, 3.63) is 106 Å². The minimum absolute atomic E-state index is 0.110. The fraction of sp³-hybridized carbons (Fsp3) is 0.129. The predicted octanol–water partition coefficient (Wildman–Crippen LogP) is 4.28. The Morgan fingerprint density at radius 3 is 2.38 bits per heavy atom. The lowest BCUT2D eigenvalue weighted by atomic mass is 10.0. The number of nitrogens with zero attached hydrogens (tertiary/aromatic N) is 4. The number of carbonyl (C=O) groups is 3. The monoisotopic (exact) mass is 529 g/mol. The lowest BCUT2D eigenvalue weighted by molar-refractivity contribution is 0.0933. The quantitative estimate of drug-likeness (QED) is 0.294. The van der Waals surface area contributed by atoms with Crippen molar-refractivity contribution in [2.45, 2.75) is 19.5 Å². The summed E-state index contributed by atoms with van der Waals surface area (Å²) in [5.74, 6) is 1.83. The molecule has 1 atom stereocenters. The number of terminal acetylenes is 1. The van der Waals surface area contributed by atoms with E-state index < -0.39 is 11.8 Å². The van der Waals surface area contributed by atoms with Crippen LogP contribution in [-0.4, -0.2) is 40.5 Å². The van der Waals surface area contributed by atoms with Crippen LogP contribution in [0.4, 0.5) is 11.4 Å². The van der Waals surface area contributed by atoms with Crippen molar-refractivity contribution >= 4 is 29.0 Å². The second kappa shape index (κ2) is 10.6. The Bertz CT molecular complexity index is 1720. The van der Waals surface area contributed by atoms with Crippen molar-refractivity contribution in [1.29, 1.82) is 5.26 Å². The first-order chi connectivity index (χ1) is 19.3. The maximum Gasteiger partial charge on any atom is 0.277 e. The van der Waals surface area contributed by atoms with Gasteiger partial charge in [-0.2, -0.15) is 10.4 Å². The molecule has 4 aromatic rings. The van der Waals surface area contributed by atoms with E-state index in [1.165, 1.54) is 24.1 Å². The number of methoxy groups -OCH3 is 1. The van der Waals surface area contributed by atoms with Crippen molar-refractivity contribution in [2.24, 2.45) is 0 Å². The van der Waals surface area contributed by atoms with E-state index in [9.17, 15) is 19.6 Å². The van der Waals surface area contributed by atoms with Crippen molar-refractivity contribution < 1.29 is 19.1 Å². The Morgan fingerprint density at radius 1 is 1.07 bits per heavy atom. The van der Waals surface area contributed by atoms with Crippen LogP contribution in [0.25, 0.3) is 0 Å². The highest BCUT2D eigenvalue weighted by molar-refractivity contribution is 6.16. The summed E-state index contributed by atoms with van der Waals surface area (Å²) >= 11 is 0. The molecule has 1 unspecified atom stereocenters. The van der Waals surface area contributed by atoms with Gasteiger partial charge in [-0.3, -0.25) is 19.1 Å². The van der Waals surface area contributed by atoms with Crippen LogP contribution >= 0.6 is 0 Å². The maximum atomic E-state index is 13.7. The van der Waals surface area contributed by atoms with Crippen molar-refractivity contribution in [1.82, 2.24) is 9.78 Å². The van der Waals surface area contributed by atoms with E-state index >= 15 is 0 Å². The Hall–Kier alpha value is -5.67. The number of amides is 2. The molecule has 5 rings (SSSR count). The van der Waals surface area contributed by atoms with Crippen LogP contribution in [0.15, 0.2) is 72.9 Å². The van der Waals surface area contributed by atoms with Crippen LogP contribution in [0.3, 0.4) is 0 Å². The number of fused-ring (bicyclic) bond motifs is 1. The molecule has 0 spiro atoms. The molecule has 0 saturated heterocycles. The normalized spacial score (nSPS) is 14.1. The number of ether oxygens (including phenoxy) is 1. The van der Waals surface area contributed by atoms with Gasteiger partial charge in [0.15, 0.2) is 5.78 Å². The summed E-state index contributed by atoms with van der Waals surface area (Å²) in [4.78, 5) is 41.4. The van der Waals surface area contributed by atoms with Gasteiger partial charge in [-0.1, -0.05) is 5.92 Å². The van der Waals surface area contributed by atoms with Crippen molar-refractivity contribution in [2.75, 3.05) is 17.3 Å². The zero-order valence-electron chi connectivity index (χ0n) is 21.7. The van der Waals surface area contributed by atoms with E-state index in [1.54, 1.807) is 65.6 Å². The molecule has 2 heterocycles. The fourth-order valence-corrected chi connectivity index (χ4v) is 4.66. The van der Waals surface area contributed by atoms with Gasteiger partial charge in [0, 0.05) is 28.1 Å². The molecule has 2 amide bonds. The molecule has 9 nitrogen and oxygen atoms in total. The Kier molecular flexibility index (Phi) is 6.88. The van der Waals surface area contributed by atoms with E-state index in [1.807, 2.05) is 13.0 Å². The number of nitriles is 1. The van der Waals surface area contributed by atoms with Gasteiger partial charge in [-0.15, -0.1) is 6.42 Å². The first-order valence-electron chi connectivity index (χ1n) is 12.3. The molecule has 9 heteroatoms. The molecule has 1 aliphatic rings. The first kappa shape index (κ1) is 26.0. The maximum absolute atomic E-state index is 13.7. The van der Waals surface area contributed by atoms with Crippen LogP contribution in [0.1, 0.15) is 54.8 Å². The molecular formula is C31H23N5O4. The average Bonchev–Trinajstić information content (AvgIpc) is 3.41. The molecule has 196 valence electrons. The number of hydrogen-bond donors (Lipinski definition) is 1. The smallest absolute Gasteiger partial charge is 0.277 e.